The highest BCUT2D eigenvalue weighted by Crippen LogP contribution is 2.24. The zero-order chi connectivity index (χ0) is 15.3. The summed E-state index contributed by atoms with van der Waals surface area (Å²) < 4.78 is 2.92. The summed E-state index contributed by atoms with van der Waals surface area (Å²) in [5, 5.41) is 3.39. The first-order chi connectivity index (χ1) is 9.49. The van der Waals surface area contributed by atoms with Crippen LogP contribution in [0.3, 0.4) is 0 Å². The molecule has 0 aliphatic heterocycles. The van der Waals surface area contributed by atoms with Crippen LogP contribution in [0.1, 0.15) is 60.3 Å². The minimum atomic E-state index is 0.435. The molecule has 0 bridgehead atoms. The van der Waals surface area contributed by atoms with Crippen LogP contribution in [0.5, 0.6) is 0 Å². The molecule has 0 fully saturated rings. The Labute approximate surface area is 136 Å². The Kier molecular flexibility index (Phi) is 13.7. The molecule has 0 rings (SSSR count). The van der Waals surface area contributed by atoms with Gasteiger partial charge in [0, 0.05) is 30.1 Å². The molecule has 0 amide bonds. The highest BCUT2D eigenvalue weighted by Gasteiger charge is 2.09. The molecule has 0 aliphatic rings. The lowest BCUT2D eigenvalue weighted by Gasteiger charge is -2.19. The van der Waals surface area contributed by atoms with Gasteiger partial charge in [-0.1, -0.05) is 59.4 Å². The van der Waals surface area contributed by atoms with E-state index in [9.17, 15) is 0 Å². The molecule has 0 unspecified atom stereocenters. The topological polar surface area (TPSA) is 15.3 Å². The summed E-state index contributed by atoms with van der Waals surface area (Å²) in [5.41, 5.74) is 0. The van der Waals surface area contributed by atoms with E-state index in [0.717, 1.165) is 26.2 Å². The second kappa shape index (κ2) is 13.3. The van der Waals surface area contributed by atoms with E-state index in [2.05, 4.69) is 56.0 Å². The van der Waals surface area contributed by atoms with Gasteiger partial charge < -0.3 is 5.32 Å². The fourth-order valence-electron chi connectivity index (χ4n) is 1.82. The Morgan fingerprint density at radius 1 is 0.950 bits per heavy atom. The fourth-order valence-corrected chi connectivity index (χ4v) is 3.78. The molecule has 0 heterocycles. The molecule has 0 aromatic heterocycles. The van der Waals surface area contributed by atoms with Gasteiger partial charge in [-0.25, -0.2) is 4.31 Å². The number of hydrogen-bond acceptors (Lipinski definition) is 4. The molecule has 0 radical (unpaired) electrons. The molecule has 0 spiro atoms. The van der Waals surface area contributed by atoms with E-state index >= 15 is 0 Å². The van der Waals surface area contributed by atoms with Crippen molar-refractivity contribution in [2.75, 3.05) is 37.7 Å². The predicted octanol–water partition coefficient (Wildman–Crippen LogP) is 4.66. The van der Waals surface area contributed by atoms with Crippen LogP contribution in [0.25, 0.3) is 0 Å². The lowest BCUT2D eigenvalue weighted by Crippen LogP contribution is -2.27. The first-order valence-corrected chi connectivity index (χ1v) is 10.1. The summed E-state index contributed by atoms with van der Waals surface area (Å²) in [6.07, 6.45) is 5.53. The molecule has 0 aromatic rings. The van der Waals surface area contributed by atoms with Crippen LogP contribution >= 0.6 is 23.7 Å². The number of nitrogens with zero attached hydrogens (tertiary/aromatic N) is 1. The molecule has 122 valence electrons. The molecule has 0 saturated heterocycles. The lowest BCUT2D eigenvalue weighted by atomic mass is 10.2. The molecule has 20 heavy (non-hydrogen) atoms. The van der Waals surface area contributed by atoms with Gasteiger partial charge in [-0.2, -0.15) is 11.8 Å². The summed E-state index contributed by atoms with van der Waals surface area (Å²) in [6, 6.07) is 0. The standard InChI is InChI=1S/C16H36N2S2/c1-6-17-12-13-18(7-2)20-15-11-9-8-10-14-19-16(3,4)5/h17H,6-15H2,1-5H3. The first kappa shape index (κ1) is 20.6. The Morgan fingerprint density at radius 3 is 2.15 bits per heavy atom. The van der Waals surface area contributed by atoms with Gasteiger partial charge in [-0.15, -0.1) is 0 Å². The monoisotopic (exact) mass is 320 g/mol. The van der Waals surface area contributed by atoms with Crippen LogP contribution in [0, 0.1) is 0 Å². The number of likely N-dealkylation sites (N-methyl/N-ethyl adjacent to an activating group) is 2. The normalized spacial score (nSPS) is 12.3. The number of unbranched alkanes of at least 4 members (excludes halogenated alkanes) is 3. The Balaban J connectivity index is 3.33. The van der Waals surface area contributed by atoms with Crippen LogP contribution in [0.15, 0.2) is 0 Å². The van der Waals surface area contributed by atoms with Gasteiger partial charge in [0.15, 0.2) is 0 Å². The van der Waals surface area contributed by atoms with Crippen LogP contribution in [-0.4, -0.2) is 46.7 Å². The molecular formula is C16H36N2S2. The maximum absolute atomic E-state index is 3.39. The van der Waals surface area contributed by atoms with E-state index in [4.69, 9.17) is 0 Å². The number of nitrogens with one attached hydrogen (secondary N) is 1. The van der Waals surface area contributed by atoms with E-state index < -0.39 is 0 Å². The lowest BCUT2D eigenvalue weighted by molar-refractivity contribution is 0.480. The van der Waals surface area contributed by atoms with Crippen LogP contribution in [0.4, 0.5) is 0 Å². The van der Waals surface area contributed by atoms with E-state index in [1.54, 1.807) is 0 Å². The van der Waals surface area contributed by atoms with Crippen molar-refractivity contribution in [2.45, 2.75) is 65.0 Å². The second-order valence-corrected chi connectivity index (χ2v) is 9.19. The van der Waals surface area contributed by atoms with Crippen molar-refractivity contribution < 1.29 is 0 Å². The maximum Gasteiger partial charge on any atom is 0.0215 e. The quantitative estimate of drug-likeness (QED) is 0.392. The van der Waals surface area contributed by atoms with Gasteiger partial charge in [0.1, 0.15) is 0 Å². The van der Waals surface area contributed by atoms with Gasteiger partial charge in [0.25, 0.3) is 0 Å². The summed E-state index contributed by atoms with van der Waals surface area (Å²) in [7, 11) is 0. The van der Waals surface area contributed by atoms with Crippen molar-refractivity contribution in [1.82, 2.24) is 9.62 Å². The zero-order valence-electron chi connectivity index (χ0n) is 14.3. The number of rotatable bonds is 13. The van der Waals surface area contributed by atoms with Crippen molar-refractivity contribution in [3.05, 3.63) is 0 Å². The van der Waals surface area contributed by atoms with E-state index in [-0.39, 0.29) is 0 Å². The van der Waals surface area contributed by atoms with Gasteiger partial charge in [-0.3, -0.25) is 0 Å². The summed E-state index contributed by atoms with van der Waals surface area (Å²) in [6.45, 7) is 15.8. The SMILES string of the molecule is CCNCCN(CC)SCCCCCCSC(C)(C)C. The van der Waals surface area contributed by atoms with Crippen LogP contribution in [-0.2, 0) is 0 Å². The van der Waals surface area contributed by atoms with E-state index in [1.807, 2.05) is 11.9 Å². The van der Waals surface area contributed by atoms with Crippen molar-refractivity contribution >= 4 is 23.7 Å². The highest BCUT2D eigenvalue weighted by molar-refractivity contribution is 8.00. The Morgan fingerprint density at radius 2 is 1.60 bits per heavy atom. The molecule has 0 saturated carbocycles. The Hall–Kier alpha value is 0.620. The molecule has 0 aromatic carbocycles. The smallest absolute Gasteiger partial charge is 0.0215 e. The van der Waals surface area contributed by atoms with Gasteiger partial charge in [-0.05, 0) is 25.1 Å². The average molecular weight is 321 g/mol. The molecule has 0 atom stereocenters. The third-order valence-corrected chi connectivity index (χ3v) is 5.62. The van der Waals surface area contributed by atoms with Crippen molar-refractivity contribution in [2.24, 2.45) is 0 Å². The summed E-state index contributed by atoms with van der Waals surface area (Å²) >= 11 is 4.12. The van der Waals surface area contributed by atoms with Crippen LogP contribution < -0.4 is 5.32 Å². The van der Waals surface area contributed by atoms with Crippen molar-refractivity contribution in [1.29, 1.82) is 0 Å². The number of thioether (sulfide) groups is 1. The Bertz CT molecular complexity index is 205. The van der Waals surface area contributed by atoms with Gasteiger partial charge in [0.2, 0.25) is 0 Å². The third kappa shape index (κ3) is 15.0. The summed E-state index contributed by atoms with van der Waals surface area (Å²) in [5.74, 6) is 2.60. The molecule has 2 nitrogen and oxygen atoms in total. The third-order valence-electron chi connectivity index (χ3n) is 2.99. The molecule has 4 heteroatoms. The second-order valence-electron chi connectivity index (χ2n) is 6.08. The maximum atomic E-state index is 3.39. The van der Waals surface area contributed by atoms with E-state index in [1.165, 1.54) is 37.2 Å². The van der Waals surface area contributed by atoms with Crippen molar-refractivity contribution in [3.8, 4) is 0 Å². The van der Waals surface area contributed by atoms with E-state index in [0.29, 0.717) is 4.75 Å². The minimum Gasteiger partial charge on any atom is -0.316 e. The average Bonchev–Trinajstić information content (AvgIpc) is 2.38. The zero-order valence-corrected chi connectivity index (χ0v) is 16.0. The first-order valence-electron chi connectivity index (χ1n) is 8.22. The number of hydrogen-bond donors (Lipinski definition) is 1. The van der Waals surface area contributed by atoms with Gasteiger partial charge >= 0.3 is 0 Å². The molecular weight excluding hydrogens is 284 g/mol. The summed E-state index contributed by atoms with van der Waals surface area (Å²) in [4.78, 5) is 0. The molecule has 0 aliphatic carbocycles. The fraction of sp³-hybridized carbons (Fsp3) is 1.00. The van der Waals surface area contributed by atoms with Crippen LogP contribution in [0.2, 0.25) is 0 Å². The van der Waals surface area contributed by atoms with Crippen molar-refractivity contribution in [3.63, 3.8) is 0 Å². The predicted molar refractivity (Wildman–Crippen MR) is 98.9 cm³/mol. The van der Waals surface area contributed by atoms with Gasteiger partial charge in [0.05, 0.1) is 0 Å². The largest absolute Gasteiger partial charge is 0.316 e. The minimum absolute atomic E-state index is 0.435. The molecule has 1 N–H and O–H groups in total. The highest BCUT2D eigenvalue weighted by atomic mass is 32.2.